The number of carbonyl (C=O) groups excluding carboxylic acids is 1. The van der Waals surface area contributed by atoms with Crippen molar-refractivity contribution in [1.82, 2.24) is 4.98 Å². The first-order valence-electron chi connectivity index (χ1n) is 5.86. The third kappa shape index (κ3) is 2.21. The predicted octanol–water partition coefficient (Wildman–Crippen LogP) is 3.00. The molecule has 2 heterocycles. The highest BCUT2D eigenvalue weighted by atomic mass is 32.2. The maximum absolute atomic E-state index is 13.9. The molecule has 0 aliphatic carbocycles. The van der Waals surface area contributed by atoms with Gasteiger partial charge in [-0.25, -0.2) is 4.39 Å². The number of hydrogen-bond acceptors (Lipinski definition) is 3. The quantitative estimate of drug-likeness (QED) is 0.844. The molecule has 1 aliphatic rings. The Hall–Kier alpha value is -1.88. The average Bonchev–Trinajstić information content (AvgIpc) is 2.82. The first kappa shape index (κ1) is 12.2. The van der Waals surface area contributed by atoms with Crippen molar-refractivity contribution in [2.45, 2.75) is 5.37 Å². The first-order valence-corrected chi connectivity index (χ1v) is 6.91. The number of amides is 1. The topological polar surface area (TPSA) is 33.2 Å². The third-order valence-electron chi connectivity index (χ3n) is 2.92. The number of thioether (sulfide) groups is 1. The molecular formula is C14H11FN2OS. The van der Waals surface area contributed by atoms with Gasteiger partial charge in [-0.3, -0.25) is 14.7 Å². The molecule has 3 nitrogen and oxygen atoms in total. The van der Waals surface area contributed by atoms with E-state index in [1.807, 2.05) is 18.2 Å². The lowest BCUT2D eigenvalue weighted by atomic mass is 10.2. The molecule has 1 saturated heterocycles. The van der Waals surface area contributed by atoms with Gasteiger partial charge in [0.2, 0.25) is 5.91 Å². The van der Waals surface area contributed by atoms with Crippen LogP contribution in [0.15, 0.2) is 48.7 Å². The van der Waals surface area contributed by atoms with Crippen molar-refractivity contribution in [3.05, 3.63) is 60.2 Å². The lowest BCUT2D eigenvalue weighted by Gasteiger charge is -2.23. The van der Waals surface area contributed by atoms with Crippen LogP contribution in [0, 0.1) is 5.82 Å². The number of halogens is 1. The van der Waals surface area contributed by atoms with Crippen molar-refractivity contribution in [3.8, 4) is 0 Å². The van der Waals surface area contributed by atoms with Crippen molar-refractivity contribution in [3.63, 3.8) is 0 Å². The van der Waals surface area contributed by atoms with Crippen LogP contribution in [0.2, 0.25) is 0 Å². The number of carbonyl (C=O) groups is 1. The second-order valence-electron chi connectivity index (χ2n) is 4.13. The van der Waals surface area contributed by atoms with E-state index in [4.69, 9.17) is 0 Å². The number of hydrogen-bond donors (Lipinski definition) is 0. The van der Waals surface area contributed by atoms with E-state index in [1.54, 1.807) is 24.4 Å². The molecule has 0 unspecified atom stereocenters. The van der Waals surface area contributed by atoms with Gasteiger partial charge in [-0.1, -0.05) is 18.2 Å². The lowest BCUT2D eigenvalue weighted by molar-refractivity contribution is -0.115. The van der Waals surface area contributed by atoms with Crippen LogP contribution in [-0.2, 0) is 4.79 Å². The predicted molar refractivity (Wildman–Crippen MR) is 73.3 cm³/mol. The molecule has 1 amide bonds. The van der Waals surface area contributed by atoms with Crippen molar-refractivity contribution in [1.29, 1.82) is 0 Å². The van der Waals surface area contributed by atoms with Crippen LogP contribution in [0.4, 0.5) is 10.1 Å². The summed E-state index contributed by atoms with van der Waals surface area (Å²) in [6.45, 7) is 0. The van der Waals surface area contributed by atoms with E-state index in [1.165, 1.54) is 22.7 Å². The summed E-state index contributed by atoms with van der Waals surface area (Å²) in [5.74, 6) is -0.139. The Kier molecular flexibility index (Phi) is 3.21. The molecule has 1 aliphatic heterocycles. The summed E-state index contributed by atoms with van der Waals surface area (Å²) in [6.07, 6.45) is 1.68. The van der Waals surface area contributed by atoms with E-state index in [2.05, 4.69) is 4.98 Å². The molecule has 1 atom stereocenters. The van der Waals surface area contributed by atoms with Gasteiger partial charge < -0.3 is 0 Å². The van der Waals surface area contributed by atoms with Gasteiger partial charge in [0.05, 0.1) is 17.1 Å². The van der Waals surface area contributed by atoms with E-state index < -0.39 is 0 Å². The smallest absolute Gasteiger partial charge is 0.238 e. The fraction of sp³-hybridized carbons (Fsp3) is 0.143. The Balaban J connectivity index is 2.03. The zero-order valence-corrected chi connectivity index (χ0v) is 10.8. The molecule has 0 spiro atoms. The van der Waals surface area contributed by atoms with E-state index in [-0.39, 0.29) is 17.1 Å². The normalized spacial score (nSPS) is 18.9. The van der Waals surface area contributed by atoms with Gasteiger partial charge in [0.25, 0.3) is 0 Å². The van der Waals surface area contributed by atoms with E-state index in [0.717, 1.165) is 5.69 Å². The molecule has 96 valence electrons. The maximum atomic E-state index is 13.9. The van der Waals surface area contributed by atoms with Gasteiger partial charge in [-0.15, -0.1) is 11.8 Å². The summed E-state index contributed by atoms with van der Waals surface area (Å²) in [4.78, 5) is 17.8. The highest BCUT2D eigenvalue weighted by Crippen LogP contribution is 2.41. The maximum Gasteiger partial charge on any atom is 0.238 e. The Morgan fingerprint density at radius 2 is 2.00 bits per heavy atom. The molecule has 1 fully saturated rings. The van der Waals surface area contributed by atoms with Gasteiger partial charge in [-0.05, 0) is 24.3 Å². The van der Waals surface area contributed by atoms with Crippen molar-refractivity contribution >= 4 is 23.4 Å². The standard InChI is InChI=1S/C14H11FN2OS/c15-10-5-1-2-7-12(10)17-13(18)9-19-14(17)11-6-3-4-8-16-11/h1-8,14H,9H2/t14-/m1/s1. The van der Waals surface area contributed by atoms with Crippen LogP contribution >= 0.6 is 11.8 Å². The number of pyridine rings is 1. The molecule has 1 aromatic carbocycles. The minimum Gasteiger partial charge on any atom is -0.291 e. The Labute approximate surface area is 114 Å². The van der Waals surface area contributed by atoms with Crippen LogP contribution in [0.25, 0.3) is 0 Å². The molecule has 0 radical (unpaired) electrons. The summed E-state index contributed by atoms with van der Waals surface area (Å²) in [5.41, 5.74) is 1.08. The fourth-order valence-electron chi connectivity index (χ4n) is 2.07. The highest BCUT2D eigenvalue weighted by Gasteiger charge is 2.35. The third-order valence-corrected chi connectivity index (χ3v) is 4.10. The first-order chi connectivity index (χ1) is 9.27. The zero-order chi connectivity index (χ0) is 13.2. The molecule has 2 aromatic rings. The van der Waals surface area contributed by atoms with Gasteiger partial charge in [0.1, 0.15) is 11.2 Å². The monoisotopic (exact) mass is 274 g/mol. The second-order valence-corrected chi connectivity index (χ2v) is 5.20. The van der Waals surface area contributed by atoms with Crippen LogP contribution in [0.5, 0.6) is 0 Å². The van der Waals surface area contributed by atoms with Crippen LogP contribution < -0.4 is 4.90 Å². The molecule has 19 heavy (non-hydrogen) atoms. The highest BCUT2D eigenvalue weighted by molar-refractivity contribution is 8.00. The molecule has 0 N–H and O–H groups in total. The Morgan fingerprint density at radius 3 is 2.74 bits per heavy atom. The number of benzene rings is 1. The van der Waals surface area contributed by atoms with E-state index in [9.17, 15) is 9.18 Å². The number of para-hydroxylation sites is 1. The summed E-state index contributed by atoms with van der Waals surface area (Å²) in [7, 11) is 0. The van der Waals surface area contributed by atoms with Gasteiger partial charge in [0.15, 0.2) is 0 Å². The van der Waals surface area contributed by atoms with Gasteiger partial charge in [-0.2, -0.15) is 0 Å². The molecule has 1 aromatic heterocycles. The molecule has 0 bridgehead atoms. The van der Waals surface area contributed by atoms with Crippen molar-refractivity contribution in [2.75, 3.05) is 10.7 Å². The summed E-state index contributed by atoms with van der Waals surface area (Å²) >= 11 is 1.46. The van der Waals surface area contributed by atoms with Crippen LogP contribution in [0.3, 0.4) is 0 Å². The van der Waals surface area contributed by atoms with E-state index in [0.29, 0.717) is 11.4 Å². The summed E-state index contributed by atoms with van der Waals surface area (Å²) < 4.78 is 13.9. The summed E-state index contributed by atoms with van der Waals surface area (Å²) in [5, 5.41) is -0.259. The fourth-order valence-corrected chi connectivity index (χ4v) is 3.20. The zero-order valence-electron chi connectivity index (χ0n) is 9.99. The van der Waals surface area contributed by atoms with Crippen molar-refractivity contribution < 1.29 is 9.18 Å². The number of anilines is 1. The van der Waals surface area contributed by atoms with E-state index >= 15 is 0 Å². The number of nitrogens with zero attached hydrogens (tertiary/aromatic N) is 2. The average molecular weight is 274 g/mol. The van der Waals surface area contributed by atoms with Crippen LogP contribution in [-0.4, -0.2) is 16.6 Å². The van der Waals surface area contributed by atoms with Gasteiger partial charge >= 0.3 is 0 Å². The molecule has 5 heteroatoms. The molecule has 0 saturated carbocycles. The summed E-state index contributed by atoms with van der Waals surface area (Å²) in [6, 6.07) is 11.9. The lowest BCUT2D eigenvalue weighted by Crippen LogP contribution is -2.29. The largest absolute Gasteiger partial charge is 0.291 e. The van der Waals surface area contributed by atoms with Gasteiger partial charge in [0, 0.05) is 6.20 Å². The number of aromatic nitrogens is 1. The SMILES string of the molecule is O=C1CS[C@H](c2ccccn2)N1c1ccccc1F. The Morgan fingerprint density at radius 1 is 1.21 bits per heavy atom. The van der Waals surface area contributed by atoms with Crippen LogP contribution in [0.1, 0.15) is 11.1 Å². The molecular weight excluding hydrogens is 263 g/mol. The minimum atomic E-state index is -0.390. The number of rotatable bonds is 2. The Bertz CT molecular complexity index is 605. The van der Waals surface area contributed by atoms with Crippen molar-refractivity contribution in [2.24, 2.45) is 0 Å². The molecule has 3 rings (SSSR count). The second kappa shape index (κ2) is 5.01. The minimum absolute atomic E-state index is 0.0919.